The van der Waals surface area contributed by atoms with E-state index < -0.39 is 0 Å². The molecule has 0 aliphatic rings. The molecule has 0 atom stereocenters. The van der Waals surface area contributed by atoms with E-state index >= 15 is 0 Å². The minimum atomic E-state index is -0.221. The maximum Gasteiger partial charge on any atom is 0.142 e. The van der Waals surface area contributed by atoms with Crippen LogP contribution in [0.1, 0.15) is 5.01 Å². The molecule has 0 unspecified atom stereocenters. The minimum Gasteiger partial charge on any atom is -0.240 e. The summed E-state index contributed by atoms with van der Waals surface area (Å²) in [6.07, 6.45) is 0. The summed E-state index contributed by atoms with van der Waals surface area (Å²) in [5, 5.41) is 0.761. The summed E-state index contributed by atoms with van der Waals surface area (Å²) in [6, 6.07) is 4.86. The van der Waals surface area contributed by atoms with Crippen LogP contribution in [0.25, 0.3) is 10.2 Å². The van der Waals surface area contributed by atoms with Gasteiger partial charge in [-0.3, -0.25) is 0 Å². The van der Waals surface area contributed by atoms with Gasteiger partial charge < -0.3 is 0 Å². The Morgan fingerprint density at radius 2 is 2.33 bits per heavy atom. The number of aromatic nitrogens is 1. The van der Waals surface area contributed by atoms with Gasteiger partial charge in [0.05, 0.1) is 16.1 Å². The van der Waals surface area contributed by atoms with Gasteiger partial charge in [0.15, 0.2) is 0 Å². The van der Waals surface area contributed by atoms with Gasteiger partial charge in [-0.25, -0.2) is 9.37 Å². The van der Waals surface area contributed by atoms with E-state index in [-0.39, 0.29) is 5.82 Å². The number of halogens is 2. The second-order valence-electron chi connectivity index (χ2n) is 2.33. The van der Waals surface area contributed by atoms with Crippen LogP contribution in [0.3, 0.4) is 0 Å². The lowest BCUT2D eigenvalue weighted by Gasteiger charge is -1.86. The van der Waals surface area contributed by atoms with Crippen molar-refractivity contribution in [2.75, 3.05) is 0 Å². The predicted molar refractivity (Wildman–Crippen MR) is 49.1 cm³/mol. The van der Waals surface area contributed by atoms with Crippen molar-refractivity contribution in [2.45, 2.75) is 5.88 Å². The lowest BCUT2D eigenvalue weighted by molar-refractivity contribution is 0.641. The van der Waals surface area contributed by atoms with E-state index in [1.54, 1.807) is 12.1 Å². The normalized spacial score (nSPS) is 10.8. The summed E-state index contributed by atoms with van der Waals surface area (Å²) < 4.78 is 13.7. The molecule has 62 valence electrons. The molecule has 0 N–H and O–H groups in total. The van der Waals surface area contributed by atoms with Gasteiger partial charge in [0, 0.05) is 0 Å². The Bertz CT molecular complexity index is 412. The number of alkyl halides is 1. The zero-order valence-electron chi connectivity index (χ0n) is 6.05. The van der Waals surface area contributed by atoms with Gasteiger partial charge in [0.2, 0.25) is 0 Å². The number of rotatable bonds is 1. The molecule has 1 nitrogen and oxygen atoms in total. The molecular formula is C8H5ClFNS. The van der Waals surface area contributed by atoms with Crippen LogP contribution in [-0.4, -0.2) is 4.98 Å². The van der Waals surface area contributed by atoms with Gasteiger partial charge in [-0.1, -0.05) is 6.07 Å². The van der Waals surface area contributed by atoms with Gasteiger partial charge in [0.1, 0.15) is 10.8 Å². The van der Waals surface area contributed by atoms with Crippen molar-refractivity contribution in [3.05, 3.63) is 29.0 Å². The van der Waals surface area contributed by atoms with Gasteiger partial charge in [-0.15, -0.1) is 22.9 Å². The van der Waals surface area contributed by atoms with Gasteiger partial charge >= 0.3 is 0 Å². The first-order valence-corrected chi connectivity index (χ1v) is 4.76. The molecule has 2 rings (SSSR count). The fourth-order valence-corrected chi connectivity index (χ4v) is 2.06. The van der Waals surface area contributed by atoms with Crippen LogP contribution in [0.2, 0.25) is 0 Å². The van der Waals surface area contributed by atoms with Crippen LogP contribution in [0.15, 0.2) is 18.2 Å². The number of hydrogen-bond donors (Lipinski definition) is 0. The van der Waals surface area contributed by atoms with E-state index in [0.29, 0.717) is 16.1 Å². The molecule has 1 aromatic carbocycles. The summed E-state index contributed by atoms with van der Waals surface area (Å²) in [6.45, 7) is 0. The standard InChI is InChI=1S/C8H5ClFNS/c9-4-7-11-6-3-1-2-5(10)8(6)12-7/h1-3H,4H2. The van der Waals surface area contributed by atoms with Crippen molar-refractivity contribution in [1.82, 2.24) is 4.98 Å². The van der Waals surface area contributed by atoms with Crippen molar-refractivity contribution in [2.24, 2.45) is 0 Å². The van der Waals surface area contributed by atoms with E-state index in [1.807, 2.05) is 0 Å². The molecule has 2 aromatic rings. The first-order valence-electron chi connectivity index (χ1n) is 3.41. The molecule has 12 heavy (non-hydrogen) atoms. The highest BCUT2D eigenvalue weighted by Crippen LogP contribution is 2.25. The average molecular weight is 202 g/mol. The van der Waals surface area contributed by atoms with Crippen molar-refractivity contribution in [3.8, 4) is 0 Å². The Hall–Kier alpha value is -0.670. The molecule has 0 radical (unpaired) electrons. The minimum absolute atomic E-state index is 0.221. The first kappa shape index (κ1) is 7.95. The second kappa shape index (κ2) is 2.99. The Balaban J connectivity index is 2.74. The number of benzene rings is 1. The van der Waals surface area contributed by atoms with Crippen LogP contribution in [0.4, 0.5) is 4.39 Å². The maximum absolute atomic E-state index is 13.1. The Morgan fingerprint density at radius 1 is 1.50 bits per heavy atom. The fraction of sp³-hybridized carbons (Fsp3) is 0.125. The van der Waals surface area contributed by atoms with Crippen LogP contribution in [0.5, 0.6) is 0 Å². The number of fused-ring (bicyclic) bond motifs is 1. The van der Waals surface area contributed by atoms with Crippen molar-refractivity contribution in [1.29, 1.82) is 0 Å². The van der Waals surface area contributed by atoms with E-state index in [1.165, 1.54) is 17.4 Å². The van der Waals surface area contributed by atoms with Crippen LogP contribution >= 0.6 is 22.9 Å². The molecule has 0 aliphatic carbocycles. The molecule has 0 amide bonds. The molecule has 0 saturated heterocycles. The largest absolute Gasteiger partial charge is 0.240 e. The molecule has 0 aliphatic heterocycles. The lowest BCUT2D eigenvalue weighted by atomic mass is 10.3. The molecule has 0 spiro atoms. The SMILES string of the molecule is Fc1cccc2nc(CCl)sc12. The average Bonchev–Trinajstić information content (AvgIpc) is 2.49. The van der Waals surface area contributed by atoms with E-state index in [9.17, 15) is 4.39 Å². The van der Waals surface area contributed by atoms with E-state index in [4.69, 9.17) is 11.6 Å². The topological polar surface area (TPSA) is 12.9 Å². The smallest absolute Gasteiger partial charge is 0.142 e. The highest BCUT2D eigenvalue weighted by atomic mass is 35.5. The van der Waals surface area contributed by atoms with E-state index in [0.717, 1.165) is 5.01 Å². The van der Waals surface area contributed by atoms with E-state index in [2.05, 4.69) is 4.98 Å². The summed E-state index contributed by atoms with van der Waals surface area (Å²) in [5.41, 5.74) is 0.690. The van der Waals surface area contributed by atoms with Crippen molar-refractivity contribution < 1.29 is 4.39 Å². The fourth-order valence-electron chi connectivity index (χ4n) is 1.02. The molecule has 4 heteroatoms. The highest BCUT2D eigenvalue weighted by molar-refractivity contribution is 7.18. The quantitative estimate of drug-likeness (QED) is 0.646. The number of thiazole rings is 1. The monoisotopic (exact) mass is 201 g/mol. The van der Waals surface area contributed by atoms with Gasteiger partial charge in [-0.05, 0) is 12.1 Å². The molecule has 0 bridgehead atoms. The molecule has 1 aromatic heterocycles. The van der Waals surface area contributed by atoms with Crippen molar-refractivity contribution >= 4 is 33.2 Å². The predicted octanol–water partition coefficient (Wildman–Crippen LogP) is 3.17. The second-order valence-corrected chi connectivity index (χ2v) is 3.68. The number of hydrogen-bond acceptors (Lipinski definition) is 2. The van der Waals surface area contributed by atoms with Crippen LogP contribution in [-0.2, 0) is 5.88 Å². The van der Waals surface area contributed by atoms with Gasteiger partial charge in [-0.2, -0.15) is 0 Å². The Morgan fingerprint density at radius 3 is 3.00 bits per heavy atom. The molecule has 0 saturated carbocycles. The Labute approximate surface area is 77.8 Å². The summed E-state index contributed by atoms with van der Waals surface area (Å²) >= 11 is 6.88. The first-order chi connectivity index (χ1) is 5.81. The zero-order chi connectivity index (χ0) is 8.55. The summed E-state index contributed by atoms with van der Waals surface area (Å²) in [4.78, 5) is 4.14. The number of nitrogens with zero attached hydrogens (tertiary/aromatic N) is 1. The Kier molecular flexibility index (Phi) is 1.98. The van der Waals surface area contributed by atoms with Crippen molar-refractivity contribution in [3.63, 3.8) is 0 Å². The third-order valence-electron chi connectivity index (χ3n) is 1.53. The third kappa shape index (κ3) is 1.19. The zero-order valence-corrected chi connectivity index (χ0v) is 7.62. The summed E-state index contributed by atoms with van der Waals surface area (Å²) in [7, 11) is 0. The molecular weight excluding hydrogens is 197 g/mol. The lowest BCUT2D eigenvalue weighted by Crippen LogP contribution is -1.73. The summed E-state index contributed by atoms with van der Waals surface area (Å²) in [5.74, 6) is 0.125. The van der Waals surface area contributed by atoms with Gasteiger partial charge in [0.25, 0.3) is 0 Å². The van der Waals surface area contributed by atoms with Crippen LogP contribution in [0, 0.1) is 5.82 Å². The molecule has 1 heterocycles. The van der Waals surface area contributed by atoms with Crippen LogP contribution < -0.4 is 0 Å². The maximum atomic E-state index is 13.1. The third-order valence-corrected chi connectivity index (χ3v) is 3.02. The molecule has 0 fully saturated rings. The highest BCUT2D eigenvalue weighted by Gasteiger charge is 2.05.